The Labute approximate surface area is 171 Å². The van der Waals surface area contributed by atoms with Crippen molar-refractivity contribution < 1.29 is 24.4 Å². The molecule has 152 valence electrons. The van der Waals surface area contributed by atoms with Crippen LogP contribution < -0.4 is 4.90 Å². The van der Waals surface area contributed by atoms with E-state index in [2.05, 4.69) is 0 Å². The number of allylic oxidation sites excluding steroid dienone is 2. The molecule has 2 aromatic carbocycles. The summed E-state index contributed by atoms with van der Waals surface area (Å²) < 4.78 is 0. The molecule has 0 saturated heterocycles. The molecule has 1 aliphatic heterocycles. The Kier molecular flexibility index (Phi) is 4.91. The number of hydrogen-bond donors (Lipinski definition) is 1. The third-order valence-corrected chi connectivity index (χ3v) is 5.56. The number of Topliss-reactive ketones (excluding diaryl/α,β-unsaturated/α-hetero) is 1. The van der Waals surface area contributed by atoms with Crippen LogP contribution in [0.15, 0.2) is 59.8 Å². The van der Waals surface area contributed by atoms with Crippen molar-refractivity contribution in [3.8, 4) is 0 Å². The molecule has 0 spiro atoms. The van der Waals surface area contributed by atoms with E-state index in [1.807, 2.05) is 0 Å². The predicted molar refractivity (Wildman–Crippen MR) is 107 cm³/mol. The molecule has 0 fully saturated rings. The zero-order valence-corrected chi connectivity index (χ0v) is 15.9. The first-order valence-corrected chi connectivity index (χ1v) is 9.54. The number of para-hydroxylation sites is 1. The van der Waals surface area contributed by atoms with E-state index >= 15 is 0 Å². The van der Waals surface area contributed by atoms with Crippen LogP contribution in [0.1, 0.15) is 47.5 Å². The lowest BCUT2D eigenvalue weighted by Crippen LogP contribution is -2.41. The molecule has 8 nitrogen and oxygen atoms in total. The number of carbonyl (C=O) groups is 3. The van der Waals surface area contributed by atoms with Crippen molar-refractivity contribution in [3.05, 3.63) is 81.0 Å². The molecule has 30 heavy (non-hydrogen) atoms. The van der Waals surface area contributed by atoms with Gasteiger partial charge in [-0.05, 0) is 30.5 Å². The topological polar surface area (TPSA) is 118 Å². The molecule has 2 aromatic rings. The Bertz CT molecular complexity index is 1100. The minimum Gasteiger partial charge on any atom is -0.478 e. The molecule has 1 amide bonds. The van der Waals surface area contributed by atoms with Crippen molar-refractivity contribution in [2.75, 3.05) is 4.90 Å². The van der Waals surface area contributed by atoms with Gasteiger partial charge in [0.05, 0.1) is 16.2 Å². The molecule has 0 bridgehead atoms. The lowest BCUT2D eigenvalue weighted by atomic mass is 9.77. The minimum atomic E-state index is -1.15. The van der Waals surface area contributed by atoms with Crippen molar-refractivity contribution >= 4 is 29.0 Å². The highest BCUT2D eigenvalue weighted by molar-refractivity contribution is 6.10. The monoisotopic (exact) mass is 406 g/mol. The third-order valence-electron chi connectivity index (χ3n) is 5.56. The second kappa shape index (κ2) is 7.55. The second-order valence-electron chi connectivity index (χ2n) is 7.29. The molecule has 0 aromatic heterocycles. The number of nitro groups is 1. The van der Waals surface area contributed by atoms with Crippen molar-refractivity contribution in [1.29, 1.82) is 0 Å². The Balaban J connectivity index is 1.85. The number of amides is 1. The third kappa shape index (κ3) is 3.26. The van der Waals surface area contributed by atoms with E-state index in [1.54, 1.807) is 30.3 Å². The smallest absolute Gasteiger partial charge is 0.337 e. The van der Waals surface area contributed by atoms with E-state index < -0.39 is 16.8 Å². The maximum Gasteiger partial charge on any atom is 0.337 e. The number of carboxylic acids is 1. The maximum atomic E-state index is 13.2. The minimum absolute atomic E-state index is 0.00971. The normalized spacial score (nSPS) is 18.9. The Hall–Kier alpha value is -3.81. The zero-order chi connectivity index (χ0) is 21.4. The van der Waals surface area contributed by atoms with Gasteiger partial charge in [-0.15, -0.1) is 0 Å². The zero-order valence-electron chi connectivity index (χ0n) is 15.9. The van der Waals surface area contributed by atoms with Crippen LogP contribution in [0.2, 0.25) is 0 Å². The Morgan fingerprint density at radius 1 is 1.07 bits per heavy atom. The molecular formula is C22H18N2O6. The quantitative estimate of drug-likeness (QED) is 0.609. The van der Waals surface area contributed by atoms with Crippen LogP contribution in [-0.4, -0.2) is 27.7 Å². The van der Waals surface area contributed by atoms with Crippen LogP contribution in [-0.2, 0) is 9.59 Å². The van der Waals surface area contributed by atoms with Gasteiger partial charge in [0.2, 0.25) is 5.91 Å². The van der Waals surface area contributed by atoms with Gasteiger partial charge in [0, 0.05) is 42.2 Å². The highest BCUT2D eigenvalue weighted by atomic mass is 16.6. The highest BCUT2D eigenvalue weighted by Crippen LogP contribution is 2.44. The van der Waals surface area contributed by atoms with Crippen LogP contribution in [0.3, 0.4) is 0 Å². The summed E-state index contributed by atoms with van der Waals surface area (Å²) in [6.45, 7) is 0. The molecule has 2 aliphatic rings. The standard InChI is InChI=1S/C22H18N2O6/c25-19-7-3-6-18-21(19)16(13-8-10-14(11-9-13)24(29)30)12-20(26)23(18)17-5-2-1-4-15(17)22(27)28/h1-2,4-5,8-11,16H,3,6-7,12H2,(H,27,28)/t16-/m0/s1. The first-order valence-electron chi connectivity index (χ1n) is 9.54. The average molecular weight is 406 g/mol. The molecule has 0 saturated carbocycles. The van der Waals surface area contributed by atoms with Gasteiger partial charge in [0.1, 0.15) is 0 Å². The second-order valence-corrected chi connectivity index (χ2v) is 7.29. The van der Waals surface area contributed by atoms with Crippen LogP contribution in [0.5, 0.6) is 0 Å². The summed E-state index contributed by atoms with van der Waals surface area (Å²) in [5, 5.41) is 20.5. The van der Waals surface area contributed by atoms with Gasteiger partial charge >= 0.3 is 5.97 Å². The summed E-state index contributed by atoms with van der Waals surface area (Å²) in [7, 11) is 0. The number of non-ortho nitro benzene ring substituents is 1. The maximum absolute atomic E-state index is 13.2. The highest BCUT2D eigenvalue weighted by Gasteiger charge is 2.40. The van der Waals surface area contributed by atoms with E-state index in [0.29, 0.717) is 36.1 Å². The molecule has 4 rings (SSSR count). The summed E-state index contributed by atoms with van der Waals surface area (Å²) >= 11 is 0. The predicted octanol–water partition coefficient (Wildman–Crippen LogP) is 3.82. The SMILES string of the molecule is O=C1CCCC2=C1[C@H](c1ccc([N+](=O)[O-])cc1)CC(=O)N2c1ccccc1C(=O)O. The number of nitro benzene ring substituents is 1. The number of anilines is 1. The first kappa shape index (κ1) is 19.5. The van der Waals surface area contributed by atoms with Gasteiger partial charge in [0.15, 0.2) is 5.78 Å². The summed E-state index contributed by atoms with van der Waals surface area (Å²) in [5.41, 5.74) is 1.85. The number of benzene rings is 2. The summed E-state index contributed by atoms with van der Waals surface area (Å²) in [5.74, 6) is -2.04. The molecule has 1 N–H and O–H groups in total. The number of nitrogens with zero attached hydrogens (tertiary/aromatic N) is 2. The number of carbonyl (C=O) groups excluding carboxylic acids is 2. The fourth-order valence-electron chi connectivity index (χ4n) is 4.23. The number of carboxylic acid groups (broad SMARTS) is 1. The van der Waals surface area contributed by atoms with E-state index in [-0.39, 0.29) is 35.0 Å². The van der Waals surface area contributed by atoms with Gasteiger partial charge in [-0.2, -0.15) is 0 Å². The van der Waals surface area contributed by atoms with E-state index in [4.69, 9.17) is 0 Å². The van der Waals surface area contributed by atoms with Gasteiger partial charge in [-0.1, -0.05) is 24.3 Å². The van der Waals surface area contributed by atoms with Crippen molar-refractivity contribution in [2.24, 2.45) is 0 Å². The van der Waals surface area contributed by atoms with Crippen molar-refractivity contribution in [3.63, 3.8) is 0 Å². The molecule has 1 heterocycles. The van der Waals surface area contributed by atoms with E-state index in [0.717, 1.165) is 0 Å². The molecular weight excluding hydrogens is 388 g/mol. The summed E-state index contributed by atoms with van der Waals surface area (Å²) in [6, 6.07) is 12.1. The van der Waals surface area contributed by atoms with Crippen LogP contribution in [0.25, 0.3) is 0 Å². The molecule has 8 heteroatoms. The van der Waals surface area contributed by atoms with Crippen molar-refractivity contribution in [1.82, 2.24) is 0 Å². The summed E-state index contributed by atoms with van der Waals surface area (Å²) in [4.78, 5) is 49.5. The Morgan fingerprint density at radius 2 is 1.77 bits per heavy atom. The molecule has 1 aliphatic carbocycles. The summed E-state index contributed by atoms with van der Waals surface area (Å²) in [6.07, 6.45) is 1.38. The average Bonchev–Trinajstić information content (AvgIpc) is 2.73. The van der Waals surface area contributed by atoms with Crippen LogP contribution in [0.4, 0.5) is 11.4 Å². The number of hydrogen-bond acceptors (Lipinski definition) is 5. The number of ketones is 1. The Morgan fingerprint density at radius 3 is 2.43 bits per heavy atom. The van der Waals surface area contributed by atoms with Crippen molar-refractivity contribution in [2.45, 2.75) is 31.6 Å². The largest absolute Gasteiger partial charge is 0.478 e. The number of rotatable bonds is 4. The fourth-order valence-corrected chi connectivity index (χ4v) is 4.23. The van der Waals surface area contributed by atoms with Gasteiger partial charge in [-0.25, -0.2) is 4.79 Å². The van der Waals surface area contributed by atoms with Gasteiger partial charge in [0.25, 0.3) is 5.69 Å². The van der Waals surface area contributed by atoms with Crippen LogP contribution >= 0.6 is 0 Å². The van der Waals surface area contributed by atoms with E-state index in [1.165, 1.54) is 23.1 Å². The van der Waals surface area contributed by atoms with Crippen LogP contribution in [0, 0.1) is 10.1 Å². The lowest BCUT2D eigenvalue weighted by molar-refractivity contribution is -0.384. The molecule has 0 unspecified atom stereocenters. The van der Waals surface area contributed by atoms with Gasteiger partial charge in [-0.3, -0.25) is 24.6 Å². The van der Waals surface area contributed by atoms with E-state index in [9.17, 15) is 29.6 Å². The number of aromatic carboxylic acids is 1. The first-order chi connectivity index (χ1) is 14.4. The van der Waals surface area contributed by atoms with Gasteiger partial charge < -0.3 is 5.11 Å². The lowest BCUT2D eigenvalue weighted by Gasteiger charge is -2.38. The fraction of sp³-hybridized carbons (Fsp3) is 0.227. The molecule has 0 radical (unpaired) electrons. The molecule has 1 atom stereocenters.